The van der Waals surface area contributed by atoms with Gasteiger partial charge in [-0.15, -0.1) is 0 Å². The van der Waals surface area contributed by atoms with Crippen molar-refractivity contribution in [3.8, 4) is 33.6 Å². The van der Waals surface area contributed by atoms with Gasteiger partial charge in [0.1, 0.15) is 5.65 Å². The fourth-order valence-corrected chi connectivity index (χ4v) is 6.37. The molecule has 0 N–H and O–H groups in total. The number of rotatable bonds is 3. The van der Waals surface area contributed by atoms with Crippen LogP contribution >= 0.6 is 0 Å². The average molecular weight is 552 g/mol. The number of benzene rings is 3. The molecule has 5 heteroatoms. The Morgan fingerprint density at radius 1 is 0.605 bits per heavy atom. The molecular formula is C38H25N5. The lowest BCUT2D eigenvalue weighted by atomic mass is 9.96. The lowest BCUT2D eigenvalue weighted by molar-refractivity contribution is 0.975. The molecule has 0 amide bonds. The maximum Gasteiger partial charge on any atom is 0.137 e. The number of pyridine rings is 4. The molecule has 5 aromatic heterocycles. The Morgan fingerprint density at radius 2 is 1.44 bits per heavy atom. The van der Waals surface area contributed by atoms with E-state index in [2.05, 4.69) is 119 Å². The van der Waals surface area contributed by atoms with Crippen molar-refractivity contribution in [2.45, 2.75) is 12.8 Å². The molecule has 43 heavy (non-hydrogen) atoms. The van der Waals surface area contributed by atoms with Crippen molar-refractivity contribution < 1.29 is 0 Å². The van der Waals surface area contributed by atoms with E-state index in [4.69, 9.17) is 15.0 Å². The summed E-state index contributed by atoms with van der Waals surface area (Å²) in [7, 11) is 0. The summed E-state index contributed by atoms with van der Waals surface area (Å²) in [6.07, 6.45) is 10.3. The molecule has 1 aliphatic carbocycles. The van der Waals surface area contributed by atoms with Gasteiger partial charge in [0.15, 0.2) is 0 Å². The van der Waals surface area contributed by atoms with Gasteiger partial charge >= 0.3 is 0 Å². The van der Waals surface area contributed by atoms with E-state index in [1.54, 1.807) is 0 Å². The largest absolute Gasteiger partial charge is 0.298 e. The summed E-state index contributed by atoms with van der Waals surface area (Å²) in [5, 5.41) is 2.19. The van der Waals surface area contributed by atoms with E-state index in [1.807, 2.05) is 18.3 Å². The SMILES string of the molecule is C1=Cc2nc(-c3cccc(-c4ccc(-c5ccc6ccc7cccnc7c6n5)cc4)c3)c3c(nc4ccccn43)c2CC1. The number of aromatic nitrogens is 5. The van der Waals surface area contributed by atoms with Gasteiger partial charge in [0.2, 0.25) is 0 Å². The summed E-state index contributed by atoms with van der Waals surface area (Å²) in [6.45, 7) is 0. The minimum Gasteiger partial charge on any atom is -0.298 e. The molecule has 0 radical (unpaired) electrons. The minimum atomic E-state index is 0.929. The van der Waals surface area contributed by atoms with E-state index in [0.717, 1.165) is 90.7 Å². The van der Waals surface area contributed by atoms with Crippen LogP contribution in [0.25, 0.3) is 78.2 Å². The van der Waals surface area contributed by atoms with Gasteiger partial charge in [0.05, 0.1) is 39.1 Å². The van der Waals surface area contributed by atoms with Gasteiger partial charge in [0, 0.05) is 39.9 Å². The summed E-state index contributed by atoms with van der Waals surface area (Å²) < 4.78 is 2.17. The van der Waals surface area contributed by atoms with E-state index >= 15 is 0 Å². The Morgan fingerprint density at radius 3 is 2.37 bits per heavy atom. The average Bonchev–Trinajstić information content (AvgIpc) is 3.48. The van der Waals surface area contributed by atoms with E-state index in [1.165, 1.54) is 5.56 Å². The van der Waals surface area contributed by atoms with Crippen molar-refractivity contribution in [3.63, 3.8) is 0 Å². The first-order valence-corrected chi connectivity index (χ1v) is 14.6. The molecule has 0 atom stereocenters. The molecule has 0 bridgehead atoms. The first kappa shape index (κ1) is 24.0. The molecule has 3 aromatic carbocycles. The fraction of sp³-hybridized carbons (Fsp3) is 0.0526. The predicted octanol–water partition coefficient (Wildman–Crippen LogP) is 8.94. The zero-order valence-electron chi connectivity index (χ0n) is 23.3. The van der Waals surface area contributed by atoms with Crippen molar-refractivity contribution in [1.82, 2.24) is 24.3 Å². The molecule has 5 nitrogen and oxygen atoms in total. The Balaban J connectivity index is 1.13. The molecule has 0 unspecified atom stereocenters. The van der Waals surface area contributed by atoms with Gasteiger partial charge in [-0.05, 0) is 60.4 Å². The second kappa shape index (κ2) is 9.43. The maximum absolute atomic E-state index is 5.21. The van der Waals surface area contributed by atoms with E-state index in [0.29, 0.717) is 0 Å². The van der Waals surface area contributed by atoms with Gasteiger partial charge < -0.3 is 0 Å². The molecule has 1 aliphatic rings. The highest BCUT2D eigenvalue weighted by atomic mass is 15.0. The van der Waals surface area contributed by atoms with E-state index < -0.39 is 0 Å². The van der Waals surface area contributed by atoms with E-state index in [-0.39, 0.29) is 0 Å². The summed E-state index contributed by atoms with van der Waals surface area (Å²) in [6, 6.07) is 36.0. The van der Waals surface area contributed by atoms with Gasteiger partial charge in [-0.2, -0.15) is 0 Å². The van der Waals surface area contributed by atoms with Crippen molar-refractivity contribution in [1.29, 1.82) is 0 Å². The first-order valence-electron chi connectivity index (χ1n) is 14.6. The lowest BCUT2D eigenvalue weighted by Crippen LogP contribution is -2.02. The Bertz CT molecular complexity index is 2400. The van der Waals surface area contributed by atoms with Gasteiger partial charge in [-0.25, -0.2) is 15.0 Å². The Kier molecular flexibility index (Phi) is 5.26. The van der Waals surface area contributed by atoms with Crippen LogP contribution in [0.15, 0.2) is 122 Å². The smallest absolute Gasteiger partial charge is 0.137 e. The number of hydrogen-bond donors (Lipinski definition) is 0. The van der Waals surface area contributed by atoms with Crippen LogP contribution in [-0.4, -0.2) is 24.3 Å². The van der Waals surface area contributed by atoms with Crippen LogP contribution in [0.4, 0.5) is 0 Å². The highest BCUT2D eigenvalue weighted by Gasteiger charge is 2.20. The summed E-state index contributed by atoms with van der Waals surface area (Å²) in [5.41, 5.74) is 13.5. The molecule has 0 aliphatic heterocycles. The summed E-state index contributed by atoms with van der Waals surface area (Å²) >= 11 is 0. The van der Waals surface area contributed by atoms with Crippen LogP contribution in [0.1, 0.15) is 17.7 Å². The Labute approximate surface area is 247 Å². The molecule has 5 heterocycles. The number of hydrogen-bond acceptors (Lipinski definition) is 4. The molecule has 8 aromatic rings. The standard InChI is InChI=1S/C38H25N5/c1-2-11-32-30(10-1)37-38(43-22-4-3-12-33(43)42-37)36(41-32)29-8-5-7-28(23-29)24-13-15-25(16-14-24)31-20-19-27-18-17-26-9-6-21-39-34(26)35(27)40-31/h2-9,11-23H,1,10H2. The van der Waals surface area contributed by atoms with Gasteiger partial charge in [-0.1, -0.05) is 78.9 Å². The summed E-state index contributed by atoms with van der Waals surface area (Å²) in [4.78, 5) is 19.9. The maximum atomic E-state index is 5.21. The van der Waals surface area contributed by atoms with E-state index in [9.17, 15) is 0 Å². The van der Waals surface area contributed by atoms with Crippen molar-refractivity contribution in [3.05, 3.63) is 133 Å². The third-order valence-corrected chi connectivity index (χ3v) is 8.50. The molecular weight excluding hydrogens is 526 g/mol. The second-order valence-electron chi connectivity index (χ2n) is 11.1. The third kappa shape index (κ3) is 3.86. The highest BCUT2D eigenvalue weighted by Crippen LogP contribution is 2.36. The van der Waals surface area contributed by atoms with Crippen LogP contribution in [0.5, 0.6) is 0 Å². The van der Waals surface area contributed by atoms with Crippen LogP contribution in [0.2, 0.25) is 0 Å². The van der Waals surface area contributed by atoms with Crippen molar-refractivity contribution >= 4 is 44.6 Å². The molecule has 0 fully saturated rings. The predicted molar refractivity (Wildman–Crippen MR) is 175 cm³/mol. The van der Waals surface area contributed by atoms with Crippen LogP contribution in [0, 0.1) is 0 Å². The molecule has 9 rings (SSSR count). The van der Waals surface area contributed by atoms with Crippen LogP contribution in [-0.2, 0) is 6.42 Å². The highest BCUT2D eigenvalue weighted by molar-refractivity contribution is 6.03. The molecule has 0 spiro atoms. The number of allylic oxidation sites excluding steroid dienone is 1. The normalized spacial score (nSPS) is 12.8. The van der Waals surface area contributed by atoms with Gasteiger partial charge in [-0.3, -0.25) is 9.38 Å². The summed E-state index contributed by atoms with van der Waals surface area (Å²) in [5.74, 6) is 0. The number of nitrogens with zero attached hydrogens (tertiary/aromatic N) is 5. The third-order valence-electron chi connectivity index (χ3n) is 8.50. The minimum absolute atomic E-state index is 0.929. The van der Waals surface area contributed by atoms with Crippen LogP contribution < -0.4 is 0 Å². The van der Waals surface area contributed by atoms with Gasteiger partial charge in [0.25, 0.3) is 0 Å². The first-order chi connectivity index (χ1) is 21.3. The number of fused-ring (bicyclic) bond motifs is 8. The molecule has 0 saturated carbocycles. The number of aryl methyl sites for hydroxylation is 1. The monoisotopic (exact) mass is 551 g/mol. The zero-order chi connectivity index (χ0) is 28.3. The molecule has 202 valence electrons. The Hall–Kier alpha value is -5.68. The van der Waals surface area contributed by atoms with Crippen molar-refractivity contribution in [2.75, 3.05) is 0 Å². The second-order valence-corrected chi connectivity index (χ2v) is 11.1. The topological polar surface area (TPSA) is 56.0 Å². The van der Waals surface area contributed by atoms with Crippen molar-refractivity contribution in [2.24, 2.45) is 0 Å². The fourth-order valence-electron chi connectivity index (χ4n) is 6.37. The zero-order valence-corrected chi connectivity index (χ0v) is 23.3. The quantitative estimate of drug-likeness (QED) is 0.206. The number of imidazole rings is 1. The molecule has 0 saturated heterocycles. The lowest BCUT2D eigenvalue weighted by Gasteiger charge is -2.14. The van der Waals surface area contributed by atoms with Crippen LogP contribution in [0.3, 0.4) is 0 Å².